The number of aliphatic carboxylic acids is 1. The Morgan fingerprint density at radius 3 is 2.29 bits per heavy atom. The Balaban J connectivity index is 4.39. The molecule has 0 aliphatic rings. The number of hydrogen-bond acceptors (Lipinski definition) is 3. The average Bonchev–Trinajstić information content (AvgIpc) is 2.02. The van der Waals surface area contributed by atoms with Crippen LogP contribution in [-0.2, 0) is 4.79 Å². The van der Waals surface area contributed by atoms with Gasteiger partial charge in [0.05, 0.1) is 12.0 Å². The molecule has 80 valence electrons. The Hall–Kier alpha value is -1.08. The number of carbonyl (C=O) groups is 1. The minimum atomic E-state index is -0.826. The van der Waals surface area contributed by atoms with Gasteiger partial charge in [-0.1, -0.05) is 13.8 Å². The van der Waals surface area contributed by atoms with Gasteiger partial charge in [-0.15, -0.1) is 0 Å². The van der Waals surface area contributed by atoms with E-state index in [0.717, 1.165) is 0 Å². The topological polar surface area (TPSA) is 64.3 Å². The number of likely N-dealkylation sites (N-methyl/N-ethyl adjacent to an activating group) is 1. The molecular weight excluding hydrogens is 180 g/mol. The van der Waals surface area contributed by atoms with Crippen molar-refractivity contribution in [3.8, 4) is 6.07 Å². The van der Waals surface area contributed by atoms with E-state index in [0.29, 0.717) is 6.54 Å². The molecule has 0 spiro atoms. The molecular formula is C10H18N2O2. The standard InChI is InChI=1S/C10H18N2O2/c1-7(2)9(10(13)14)12(4)6-8(3)5-11/h7-9H,6H2,1-4H3,(H,13,14). The highest BCUT2D eigenvalue weighted by Gasteiger charge is 2.26. The smallest absolute Gasteiger partial charge is 0.321 e. The van der Waals surface area contributed by atoms with Crippen LogP contribution in [-0.4, -0.2) is 35.6 Å². The van der Waals surface area contributed by atoms with Crippen LogP contribution < -0.4 is 0 Å². The lowest BCUT2D eigenvalue weighted by Crippen LogP contribution is -2.44. The van der Waals surface area contributed by atoms with Gasteiger partial charge in [-0.05, 0) is 19.9 Å². The largest absolute Gasteiger partial charge is 0.480 e. The van der Waals surface area contributed by atoms with Crippen LogP contribution in [0, 0.1) is 23.2 Å². The van der Waals surface area contributed by atoms with E-state index in [1.54, 1.807) is 18.9 Å². The van der Waals surface area contributed by atoms with Gasteiger partial charge in [0, 0.05) is 6.54 Å². The van der Waals surface area contributed by atoms with Crippen LogP contribution in [0.5, 0.6) is 0 Å². The molecule has 0 aromatic heterocycles. The highest BCUT2D eigenvalue weighted by molar-refractivity contribution is 5.73. The number of hydrogen-bond donors (Lipinski definition) is 1. The SMILES string of the molecule is CC(C#N)CN(C)C(C(=O)O)C(C)C. The predicted molar refractivity (Wildman–Crippen MR) is 53.7 cm³/mol. The van der Waals surface area contributed by atoms with Crippen molar-refractivity contribution < 1.29 is 9.90 Å². The van der Waals surface area contributed by atoms with Crippen molar-refractivity contribution in [1.82, 2.24) is 4.90 Å². The molecule has 0 heterocycles. The summed E-state index contributed by atoms with van der Waals surface area (Å²) in [5, 5.41) is 17.6. The zero-order valence-corrected chi connectivity index (χ0v) is 9.19. The predicted octanol–water partition coefficient (Wildman–Crippen LogP) is 1.19. The highest BCUT2D eigenvalue weighted by atomic mass is 16.4. The highest BCUT2D eigenvalue weighted by Crippen LogP contribution is 2.11. The minimum absolute atomic E-state index is 0.0448. The van der Waals surface area contributed by atoms with Gasteiger partial charge in [0.15, 0.2) is 0 Å². The first-order valence-electron chi connectivity index (χ1n) is 4.72. The third-order valence-electron chi connectivity index (χ3n) is 2.14. The molecule has 0 saturated heterocycles. The van der Waals surface area contributed by atoms with Crippen LogP contribution in [0.3, 0.4) is 0 Å². The van der Waals surface area contributed by atoms with E-state index in [1.807, 2.05) is 13.8 Å². The first kappa shape index (κ1) is 12.9. The summed E-state index contributed by atoms with van der Waals surface area (Å²) in [5.41, 5.74) is 0. The second kappa shape index (κ2) is 5.61. The normalized spacial score (nSPS) is 15.2. The molecule has 0 aromatic carbocycles. The van der Waals surface area contributed by atoms with E-state index in [4.69, 9.17) is 10.4 Å². The maximum absolute atomic E-state index is 10.9. The van der Waals surface area contributed by atoms with Crippen LogP contribution in [0.1, 0.15) is 20.8 Å². The molecule has 0 rings (SSSR count). The molecule has 0 aliphatic heterocycles. The third-order valence-corrected chi connectivity index (χ3v) is 2.14. The van der Waals surface area contributed by atoms with Crippen LogP contribution >= 0.6 is 0 Å². The zero-order valence-electron chi connectivity index (χ0n) is 9.19. The van der Waals surface area contributed by atoms with E-state index < -0.39 is 12.0 Å². The van der Waals surface area contributed by atoms with Gasteiger partial charge >= 0.3 is 5.97 Å². The van der Waals surface area contributed by atoms with Crippen molar-refractivity contribution in [2.24, 2.45) is 11.8 Å². The van der Waals surface area contributed by atoms with Gasteiger partial charge in [0.25, 0.3) is 0 Å². The summed E-state index contributed by atoms with van der Waals surface area (Å²) in [6.07, 6.45) is 0. The Morgan fingerprint density at radius 1 is 1.50 bits per heavy atom. The van der Waals surface area contributed by atoms with Gasteiger partial charge < -0.3 is 5.11 Å². The molecule has 2 atom stereocenters. The lowest BCUT2D eigenvalue weighted by atomic mass is 10.0. The number of nitrogens with zero attached hydrogens (tertiary/aromatic N) is 2. The molecule has 0 fully saturated rings. The first-order chi connectivity index (χ1) is 6.40. The monoisotopic (exact) mass is 198 g/mol. The Bertz CT molecular complexity index is 233. The summed E-state index contributed by atoms with van der Waals surface area (Å²) in [4.78, 5) is 12.7. The molecule has 0 aliphatic carbocycles. The fraction of sp³-hybridized carbons (Fsp3) is 0.800. The van der Waals surface area contributed by atoms with Crippen LogP contribution in [0.25, 0.3) is 0 Å². The molecule has 0 saturated carbocycles. The first-order valence-corrected chi connectivity index (χ1v) is 4.72. The number of carboxylic acids is 1. The maximum Gasteiger partial charge on any atom is 0.321 e. The average molecular weight is 198 g/mol. The van der Waals surface area contributed by atoms with E-state index in [-0.39, 0.29) is 11.8 Å². The lowest BCUT2D eigenvalue weighted by molar-refractivity contribution is -0.144. The molecule has 4 nitrogen and oxygen atoms in total. The van der Waals surface area contributed by atoms with Gasteiger partial charge in [0.1, 0.15) is 6.04 Å². The summed E-state index contributed by atoms with van der Waals surface area (Å²) in [7, 11) is 1.74. The summed E-state index contributed by atoms with van der Waals surface area (Å²) in [6.45, 7) is 6.01. The van der Waals surface area contributed by atoms with Gasteiger partial charge in [-0.2, -0.15) is 5.26 Å². The molecule has 0 aromatic rings. The van der Waals surface area contributed by atoms with Crippen molar-refractivity contribution in [3.05, 3.63) is 0 Å². The quantitative estimate of drug-likeness (QED) is 0.720. The van der Waals surface area contributed by atoms with Gasteiger partial charge in [-0.25, -0.2) is 0 Å². The van der Waals surface area contributed by atoms with Crippen molar-refractivity contribution in [1.29, 1.82) is 5.26 Å². The molecule has 0 radical (unpaired) electrons. The molecule has 14 heavy (non-hydrogen) atoms. The number of nitriles is 1. The Labute approximate surface area is 85.1 Å². The van der Waals surface area contributed by atoms with E-state index >= 15 is 0 Å². The Kier molecular flexibility index (Phi) is 5.18. The molecule has 2 unspecified atom stereocenters. The fourth-order valence-electron chi connectivity index (χ4n) is 1.57. The lowest BCUT2D eigenvalue weighted by Gasteiger charge is -2.28. The maximum atomic E-state index is 10.9. The Morgan fingerprint density at radius 2 is 2.00 bits per heavy atom. The fourth-order valence-corrected chi connectivity index (χ4v) is 1.57. The van der Waals surface area contributed by atoms with Gasteiger partial charge in [0.2, 0.25) is 0 Å². The number of rotatable bonds is 5. The van der Waals surface area contributed by atoms with Crippen molar-refractivity contribution in [2.75, 3.05) is 13.6 Å². The molecule has 0 bridgehead atoms. The van der Waals surface area contributed by atoms with E-state index in [2.05, 4.69) is 6.07 Å². The minimum Gasteiger partial charge on any atom is -0.480 e. The van der Waals surface area contributed by atoms with Crippen molar-refractivity contribution in [3.63, 3.8) is 0 Å². The van der Waals surface area contributed by atoms with Crippen LogP contribution in [0.15, 0.2) is 0 Å². The summed E-state index contributed by atoms with van der Waals surface area (Å²) >= 11 is 0. The molecule has 4 heteroatoms. The van der Waals surface area contributed by atoms with Crippen molar-refractivity contribution in [2.45, 2.75) is 26.8 Å². The third kappa shape index (κ3) is 3.75. The van der Waals surface area contributed by atoms with Crippen LogP contribution in [0.2, 0.25) is 0 Å². The second-order valence-electron chi connectivity index (χ2n) is 4.00. The van der Waals surface area contributed by atoms with Crippen LogP contribution in [0.4, 0.5) is 0 Å². The number of carboxylic acid groups (broad SMARTS) is 1. The van der Waals surface area contributed by atoms with E-state index in [9.17, 15) is 4.79 Å². The summed E-state index contributed by atoms with van der Waals surface area (Å²) < 4.78 is 0. The second-order valence-corrected chi connectivity index (χ2v) is 4.00. The molecule has 0 amide bonds. The van der Waals surface area contributed by atoms with Crippen molar-refractivity contribution >= 4 is 5.97 Å². The summed E-state index contributed by atoms with van der Waals surface area (Å²) in [5.74, 6) is -0.920. The zero-order chi connectivity index (χ0) is 11.3. The summed E-state index contributed by atoms with van der Waals surface area (Å²) in [6, 6.07) is 1.59. The van der Waals surface area contributed by atoms with Gasteiger partial charge in [-0.3, -0.25) is 9.69 Å². The van der Waals surface area contributed by atoms with E-state index in [1.165, 1.54) is 0 Å². The molecule has 1 N–H and O–H groups in total.